The summed E-state index contributed by atoms with van der Waals surface area (Å²) < 4.78 is 5.65. The van der Waals surface area contributed by atoms with Crippen molar-refractivity contribution in [1.82, 2.24) is 0 Å². The Labute approximate surface area is 191 Å². The van der Waals surface area contributed by atoms with Crippen LogP contribution in [-0.4, -0.2) is 18.6 Å². The van der Waals surface area contributed by atoms with Crippen LogP contribution in [-0.2, 0) is 9.53 Å². The van der Waals surface area contributed by atoms with Crippen LogP contribution in [0.25, 0.3) is 0 Å². The third-order valence-electron chi connectivity index (χ3n) is 8.55. The van der Waals surface area contributed by atoms with Crippen LogP contribution in [0.15, 0.2) is 48.5 Å². The molecule has 2 aliphatic heterocycles. The van der Waals surface area contributed by atoms with Crippen molar-refractivity contribution in [3.05, 3.63) is 59.7 Å². The molecule has 2 N–H and O–H groups in total. The van der Waals surface area contributed by atoms with Gasteiger partial charge >= 0.3 is 0 Å². The van der Waals surface area contributed by atoms with Gasteiger partial charge in [0.25, 0.3) is 0 Å². The zero-order valence-corrected chi connectivity index (χ0v) is 18.8. The van der Waals surface area contributed by atoms with Crippen molar-refractivity contribution in [2.45, 2.75) is 69.4 Å². The van der Waals surface area contributed by atoms with Crippen LogP contribution in [0.3, 0.4) is 0 Å². The summed E-state index contributed by atoms with van der Waals surface area (Å²) >= 11 is 0. The molecule has 2 saturated carbocycles. The fraction of sp³-hybridized carbons (Fsp3) is 0.536. The molecule has 0 aromatic heterocycles. The molecule has 0 bridgehead atoms. The molecule has 0 radical (unpaired) electrons. The summed E-state index contributed by atoms with van der Waals surface area (Å²) in [5, 5.41) is 7.09. The van der Waals surface area contributed by atoms with Crippen molar-refractivity contribution in [2.24, 2.45) is 17.8 Å². The Hall–Kier alpha value is -2.33. The number of carbonyl (C=O) groups excluding carboxylic acids is 1. The molecule has 6 unspecified atom stereocenters. The predicted molar refractivity (Wildman–Crippen MR) is 128 cm³/mol. The number of hydrogen-bond donors (Lipinski definition) is 2. The molecule has 2 aromatic rings. The van der Waals surface area contributed by atoms with E-state index in [1.807, 2.05) is 0 Å². The van der Waals surface area contributed by atoms with Crippen molar-refractivity contribution in [3.8, 4) is 0 Å². The van der Waals surface area contributed by atoms with Crippen LogP contribution in [0.4, 0.5) is 11.4 Å². The van der Waals surface area contributed by atoms with Crippen molar-refractivity contribution in [2.75, 3.05) is 17.2 Å². The first-order valence-electron chi connectivity index (χ1n) is 12.6. The summed E-state index contributed by atoms with van der Waals surface area (Å²) in [6, 6.07) is 17.9. The van der Waals surface area contributed by atoms with Crippen LogP contribution in [0.5, 0.6) is 0 Å². The molecule has 0 spiro atoms. The molecule has 32 heavy (non-hydrogen) atoms. The quantitative estimate of drug-likeness (QED) is 0.601. The lowest BCUT2D eigenvalue weighted by atomic mass is 9.60. The lowest BCUT2D eigenvalue weighted by Crippen LogP contribution is -2.41. The molecule has 1 saturated heterocycles. The van der Waals surface area contributed by atoms with Crippen molar-refractivity contribution in [3.63, 3.8) is 0 Å². The second-order valence-electron chi connectivity index (χ2n) is 10.3. The highest BCUT2D eigenvalue weighted by Crippen LogP contribution is 2.59. The van der Waals surface area contributed by atoms with E-state index in [1.54, 1.807) is 0 Å². The monoisotopic (exact) mass is 430 g/mol. The first kappa shape index (κ1) is 20.3. The average molecular weight is 431 g/mol. The third-order valence-corrected chi connectivity index (χ3v) is 8.55. The molecule has 4 aliphatic rings. The molecular formula is C28H34N2O2. The van der Waals surface area contributed by atoms with E-state index < -0.39 is 0 Å². The summed E-state index contributed by atoms with van der Waals surface area (Å²) in [5.41, 5.74) is 4.99. The van der Waals surface area contributed by atoms with E-state index >= 15 is 0 Å². The highest BCUT2D eigenvalue weighted by molar-refractivity contribution is 5.91. The summed E-state index contributed by atoms with van der Waals surface area (Å²) in [4.78, 5) is 12.6. The number of carbonyl (C=O) groups is 1. The lowest BCUT2D eigenvalue weighted by molar-refractivity contribution is -0.118. The predicted octanol–water partition coefficient (Wildman–Crippen LogP) is 6.27. The van der Waals surface area contributed by atoms with E-state index in [0.29, 0.717) is 24.3 Å². The summed E-state index contributed by atoms with van der Waals surface area (Å²) in [6.07, 6.45) is 9.37. The molecule has 6 atom stereocenters. The van der Waals surface area contributed by atoms with Crippen LogP contribution in [0, 0.1) is 17.8 Å². The van der Waals surface area contributed by atoms with Gasteiger partial charge in [-0.3, -0.25) is 4.79 Å². The maximum atomic E-state index is 12.6. The van der Waals surface area contributed by atoms with Gasteiger partial charge in [-0.25, -0.2) is 0 Å². The van der Waals surface area contributed by atoms with Crippen molar-refractivity contribution in [1.29, 1.82) is 0 Å². The Bertz CT molecular complexity index is 969. The summed E-state index contributed by atoms with van der Waals surface area (Å²) in [5.74, 6) is 2.95. The van der Waals surface area contributed by atoms with Gasteiger partial charge in [0.1, 0.15) is 0 Å². The van der Waals surface area contributed by atoms with Gasteiger partial charge in [0.2, 0.25) is 5.91 Å². The smallest absolute Gasteiger partial charge is 0.226 e. The Morgan fingerprint density at radius 2 is 1.91 bits per heavy atom. The maximum Gasteiger partial charge on any atom is 0.226 e. The Morgan fingerprint density at radius 3 is 2.75 bits per heavy atom. The van der Waals surface area contributed by atoms with Gasteiger partial charge in [0, 0.05) is 18.0 Å². The first-order valence-corrected chi connectivity index (χ1v) is 12.6. The van der Waals surface area contributed by atoms with E-state index in [4.69, 9.17) is 4.74 Å². The Morgan fingerprint density at radius 1 is 1.00 bits per heavy atom. The fourth-order valence-electron chi connectivity index (χ4n) is 7.19. The lowest BCUT2D eigenvalue weighted by Gasteiger charge is -2.49. The van der Waals surface area contributed by atoms with Crippen molar-refractivity contribution >= 4 is 17.3 Å². The normalized spacial score (nSPS) is 33.0. The summed E-state index contributed by atoms with van der Waals surface area (Å²) in [6.45, 7) is 0.788. The number of nitrogens with one attached hydrogen (secondary N) is 2. The largest absolute Gasteiger partial charge is 0.378 e. The highest BCUT2D eigenvalue weighted by Gasteiger charge is 2.48. The zero-order valence-electron chi connectivity index (χ0n) is 18.8. The van der Waals surface area contributed by atoms with Crippen LogP contribution < -0.4 is 10.6 Å². The zero-order chi connectivity index (χ0) is 21.5. The van der Waals surface area contributed by atoms with Gasteiger partial charge in [0.05, 0.1) is 18.6 Å². The molecule has 2 aliphatic carbocycles. The molecule has 2 heterocycles. The Balaban J connectivity index is 1.29. The third kappa shape index (κ3) is 3.73. The minimum atomic E-state index is 0.0684. The number of anilines is 2. The van der Waals surface area contributed by atoms with E-state index in [0.717, 1.165) is 37.0 Å². The van der Waals surface area contributed by atoms with Gasteiger partial charge in [-0.2, -0.15) is 0 Å². The van der Waals surface area contributed by atoms with E-state index in [9.17, 15) is 4.79 Å². The topological polar surface area (TPSA) is 50.4 Å². The molecule has 168 valence electrons. The van der Waals surface area contributed by atoms with Crippen LogP contribution in [0.2, 0.25) is 0 Å². The minimum Gasteiger partial charge on any atom is -0.378 e. The molecule has 4 heteroatoms. The van der Waals surface area contributed by atoms with Gasteiger partial charge in [-0.15, -0.1) is 0 Å². The molecule has 3 fully saturated rings. The summed E-state index contributed by atoms with van der Waals surface area (Å²) in [7, 11) is 0. The molecule has 6 rings (SSSR count). The van der Waals surface area contributed by atoms with Crippen molar-refractivity contribution < 1.29 is 9.53 Å². The molecule has 1 amide bonds. The number of benzene rings is 2. The SMILES string of the molecule is O=C(CC1CCCO1)Nc1ccc2c(c1)C1CCC3CCCC3C1C(c1ccccc1)N2. The van der Waals surface area contributed by atoms with E-state index in [-0.39, 0.29) is 12.0 Å². The minimum absolute atomic E-state index is 0.0684. The number of ether oxygens (including phenoxy) is 1. The van der Waals surface area contributed by atoms with E-state index in [2.05, 4.69) is 59.2 Å². The van der Waals surface area contributed by atoms with Crippen LogP contribution >= 0.6 is 0 Å². The second kappa shape index (κ2) is 8.55. The average Bonchev–Trinajstić information content (AvgIpc) is 3.51. The van der Waals surface area contributed by atoms with Gasteiger partial charge < -0.3 is 15.4 Å². The standard InChI is InChI=1S/C28H34N2O2/c31-26(17-21-9-5-15-32-21)29-20-12-14-25-24(16-20)23-13-11-18-8-4-10-22(18)27(23)28(30-25)19-6-2-1-3-7-19/h1-3,6-7,12,14,16,18,21-23,27-28,30H,4-5,8-11,13,15,17H2,(H,29,31). The number of rotatable bonds is 4. The first-order chi connectivity index (χ1) is 15.8. The number of amides is 1. The van der Waals surface area contributed by atoms with Gasteiger partial charge in [-0.05, 0) is 85.1 Å². The van der Waals surface area contributed by atoms with Gasteiger partial charge in [0.15, 0.2) is 0 Å². The molecule has 2 aromatic carbocycles. The van der Waals surface area contributed by atoms with E-state index in [1.165, 1.54) is 48.9 Å². The fourth-order valence-corrected chi connectivity index (χ4v) is 7.19. The van der Waals surface area contributed by atoms with Gasteiger partial charge in [-0.1, -0.05) is 43.2 Å². The molecule has 4 nitrogen and oxygen atoms in total. The highest BCUT2D eigenvalue weighted by atomic mass is 16.5. The number of fused-ring (bicyclic) bond motifs is 5. The second-order valence-corrected chi connectivity index (χ2v) is 10.3. The number of hydrogen-bond acceptors (Lipinski definition) is 3. The van der Waals surface area contributed by atoms with Crippen LogP contribution in [0.1, 0.15) is 74.5 Å². The Kier molecular flexibility index (Phi) is 5.42. The molecular weight excluding hydrogens is 396 g/mol. The maximum absolute atomic E-state index is 12.6.